The number of esters is 3. The zero-order valence-electron chi connectivity index (χ0n) is 48.0. The first-order chi connectivity index (χ1) is 35.0. The number of rotatable bonds is 59. The second kappa shape index (κ2) is 60.4. The van der Waals surface area contributed by atoms with Crippen molar-refractivity contribution in [3.8, 4) is 0 Å². The van der Waals surface area contributed by atoms with Crippen LogP contribution in [0.2, 0.25) is 0 Å². The van der Waals surface area contributed by atoms with E-state index < -0.39 is 6.10 Å². The lowest BCUT2D eigenvalue weighted by atomic mass is 10.0. The standard InChI is InChI=1S/C65H122O6/c1-4-7-10-13-16-18-20-22-24-25-26-27-28-29-30-31-32-33-34-35-36-37-38-39-41-42-44-46-49-52-55-58-64(67)70-61-62(60-69-63(66)57-54-51-48-15-12-9-6-3)71-65(68)59-56-53-50-47-45-43-40-23-21-19-17-14-11-8-5-2/h23,25-26,40,62H,4-22,24,27-39,41-61H2,1-3H3/b26-25-,40-23-. The molecule has 0 aliphatic heterocycles. The molecular weight excluding hydrogens is 877 g/mol. The third kappa shape index (κ3) is 58.7. The average Bonchev–Trinajstić information content (AvgIpc) is 3.37. The van der Waals surface area contributed by atoms with Crippen molar-refractivity contribution in [3.05, 3.63) is 24.3 Å². The van der Waals surface area contributed by atoms with Crippen LogP contribution in [-0.4, -0.2) is 37.2 Å². The quantitative estimate of drug-likeness (QED) is 0.0261. The van der Waals surface area contributed by atoms with Crippen LogP contribution in [0.1, 0.15) is 355 Å². The van der Waals surface area contributed by atoms with Crippen molar-refractivity contribution in [2.75, 3.05) is 13.2 Å². The minimum atomic E-state index is -0.769. The van der Waals surface area contributed by atoms with Gasteiger partial charge in [0.1, 0.15) is 13.2 Å². The van der Waals surface area contributed by atoms with Gasteiger partial charge in [-0.1, -0.05) is 289 Å². The number of hydrogen-bond donors (Lipinski definition) is 0. The van der Waals surface area contributed by atoms with Gasteiger partial charge in [0.05, 0.1) is 0 Å². The maximum atomic E-state index is 12.8. The number of hydrogen-bond acceptors (Lipinski definition) is 6. The first kappa shape index (κ1) is 68.9. The summed E-state index contributed by atoms with van der Waals surface area (Å²) in [5.41, 5.74) is 0. The number of allylic oxidation sites excluding steroid dienone is 4. The first-order valence-corrected chi connectivity index (χ1v) is 31.8. The lowest BCUT2D eigenvalue weighted by Gasteiger charge is -2.18. The van der Waals surface area contributed by atoms with Gasteiger partial charge < -0.3 is 14.2 Å². The fourth-order valence-corrected chi connectivity index (χ4v) is 9.61. The molecule has 0 spiro atoms. The summed E-state index contributed by atoms with van der Waals surface area (Å²) in [6.07, 6.45) is 72.3. The normalized spacial score (nSPS) is 12.1. The second-order valence-electron chi connectivity index (χ2n) is 21.7. The molecule has 0 saturated heterocycles. The molecule has 0 rings (SSSR count). The molecule has 6 heteroatoms. The molecule has 0 saturated carbocycles. The van der Waals surface area contributed by atoms with Crippen LogP contribution >= 0.6 is 0 Å². The van der Waals surface area contributed by atoms with Gasteiger partial charge in [-0.2, -0.15) is 0 Å². The Hall–Kier alpha value is -2.11. The van der Waals surface area contributed by atoms with Crippen molar-refractivity contribution in [1.82, 2.24) is 0 Å². The topological polar surface area (TPSA) is 78.9 Å². The Bertz CT molecular complexity index is 1150. The Morgan fingerprint density at radius 1 is 0.268 bits per heavy atom. The van der Waals surface area contributed by atoms with Gasteiger partial charge in [0.2, 0.25) is 0 Å². The van der Waals surface area contributed by atoms with Crippen LogP contribution < -0.4 is 0 Å². The van der Waals surface area contributed by atoms with Crippen molar-refractivity contribution in [1.29, 1.82) is 0 Å². The number of unbranched alkanes of at least 4 members (excludes halogenated alkanes) is 44. The van der Waals surface area contributed by atoms with Gasteiger partial charge in [-0.25, -0.2) is 0 Å². The summed E-state index contributed by atoms with van der Waals surface area (Å²) >= 11 is 0. The van der Waals surface area contributed by atoms with E-state index in [0.29, 0.717) is 19.3 Å². The monoisotopic (exact) mass is 999 g/mol. The fraction of sp³-hybridized carbons (Fsp3) is 0.892. The van der Waals surface area contributed by atoms with E-state index in [2.05, 4.69) is 45.1 Å². The smallest absolute Gasteiger partial charge is 0.306 e. The summed E-state index contributed by atoms with van der Waals surface area (Å²) in [5.74, 6) is -0.865. The van der Waals surface area contributed by atoms with E-state index in [1.165, 1.54) is 250 Å². The molecule has 0 amide bonds. The molecule has 0 fully saturated rings. The zero-order chi connectivity index (χ0) is 51.4. The summed E-state index contributed by atoms with van der Waals surface area (Å²) < 4.78 is 16.8. The van der Waals surface area contributed by atoms with Crippen molar-refractivity contribution in [2.24, 2.45) is 0 Å². The summed E-state index contributed by atoms with van der Waals surface area (Å²) in [6.45, 7) is 6.63. The summed E-state index contributed by atoms with van der Waals surface area (Å²) in [7, 11) is 0. The molecule has 0 bridgehead atoms. The fourth-order valence-electron chi connectivity index (χ4n) is 9.61. The highest BCUT2D eigenvalue weighted by Gasteiger charge is 2.19. The molecule has 1 atom stereocenters. The average molecular weight is 1000 g/mol. The van der Waals surface area contributed by atoms with E-state index >= 15 is 0 Å². The zero-order valence-corrected chi connectivity index (χ0v) is 48.0. The van der Waals surface area contributed by atoms with Gasteiger partial charge >= 0.3 is 17.9 Å². The van der Waals surface area contributed by atoms with Gasteiger partial charge in [0.25, 0.3) is 0 Å². The molecule has 0 aromatic carbocycles. The summed E-state index contributed by atoms with van der Waals surface area (Å²) in [5, 5.41) is 0. The van der Waals surface area contributed by atoms with E-state index in [4.69, 9.17) is 14.2 Å². The maximum absolute atomic E-state index is 12.8. The Morgan fingerprint density at radius 2 is 0.465 bits per heavy atom. The highest BCUT2D eigenvalue weighted by molar-refractivity contribution is 5.71. The van der Waals surface area contributed by atoms with Crippen molar-refractivity contribution in [3.63, 3.8) is 0 Å². The third-order valence-corrected chi connectivity index (χ3v) is 14.4. The Morgan fingerprint density at radius 3 is 0.704 bits per heavy atom. The summed E-state index contributed by atoms with van der Waals surface area (Å²) in [6, 6.07) is 0. The number of carbonyl (C=O) groups is 3. The van der Waals surface area contributed by atoms with E-state index in [-0.39, 0.29) is 31.1 Å². The Kier molecular flexibility index (Phi) is 58.6. The summed E-state index contributed by atoms with van der Waals surface area (Å²) in [4.78, 5) is 38.0. The SMILES string of the molecule is CCCCCCCC/C=C\CCCCCCCC(=O)OC(COC(=O)CCCCCCCCC)COC(=O)CCCCCCCCCCCCCCCCCCCCC/C=C\CCCCCCCCCC. The molecule has 1 unspecified atom stereocenters. The predicted octanol–water partition coefficient (Wildman–Crippen LogP) is 21.4. The Balaban J connectivity index is 3.97. The first-order valence-electron chi connectivity index (χ1n) is 31.8. The predicted molar refractivity (Wildman–Crippen MR) is 307 cm³/mol. The molecule has 71 heavy (non-hydrogen) atoms. The van der Waals surface area contributed by atoms with Crippen LogP contribution in [0.15, 0.2) is 24.3 Å². The molecule has 6 nitrogen and oxygen atoms in total. The van der Waals surface area contributed by atoms with E-state index in [1.54, 1.807) is 0 Å². The molecule has 0 N–H and O–H groups in total. The molecule has 0 heterocycles. The lowest BCUT2D eigenvalue weighted by Crippen LogP contribution is -2.30. The lowest BCUT2D eigenvalue weighted by molar-refractivity contribution is -0.167. The van der Waals surface area contributed by atoms with Crippen LogP contribution in [0, 0.1) is 0 Å². The van der Waals surface area contributed by atoms with Gasteiger partial charge in [-0.05, 0) is 70.6 Å². The van der Waals surface area contributed by atoms with Crippen LogP contribution in [0.5, 0.6) is 0 Å². The molecule has 418 valence electrons. The largest absolute Gasteiger partial charge is 0.462 e. The minimum absolute atomic E-state index is 0.0697. The van der Waals surface area contributed by atoms with E-state index in [0.717, 1.165) is 64.2 Å². The highest BCUT2D eigenvalue weighted by atomic mass is 16.6. The van der Waals surface area contributed by atoms with Crippen molar-refractivity contribution in [2.45, 2.75) is 361 Å². The third-order valence-electron chi connectivity index (χ3n) is 14.4. The van der Waals surface area contributed by atoms with Crippen molar-refractivity contribution >= 4 is 17.9 Å². The Labute approximate surface area is 443 Å². The molecule has 0 aliphatic carbocycles. The van der Waals surface area contributed by atoms with Crippen LogP contribution in [0.25, 0.3) is 0 Å². The van der Waals surface area contributed by atoms with Crippen LogP contribution in [0.3, 0.4) is 0 Å². The maximum Gasteiger partial charge on any atom is 0.306 e. The van der Waals surface area contributed by atoms with Gasteiger partial charge in [-0.3, -0.25) is 14.4 Å². The number of ether oxygens (including phenoxy) is 3. The molecule has 0 aromatic heterocycles. The molecule has 0 radical (unpaired) electrons. The van der Waals surface area contributed by atoms with Crippen LogP contribution in [-0.2, 0) is 28.6 Å². The van der Waals surface area contributed by atoms with Crippen molar-refractivity contribution < 1.29 is 28.6 Å². The van der Waals surface area contributed by atoms with Gasteiger partial charge in [0.15, 0.2) is 6.10 Å². The van der Waals surface area contributed by atoms with Crippen LogP contribution in [0.4, 0.5) is 0 Å². The molecule has 0 aliphatic rings. The number of carbonyl (C=O) groups excluding carboxylic acids is 3. The highest BCUT2D eigenvalue weighted by Crippen LogP contribution is 2.17. The van der Waals surface area contributed by atoms with E-state index in [1.807, 2.05) is 0 Å². The molecular formula is C65H122O6. The van der Waals surface area contributed by atoms with E-state index in [9.17, 15) is 14.4 Å². The van der Waals surface area contributed by atoms with Gasteiger partial charge in [-0.15, -0.1) is 0 Å². The minimum Gasteiger partial charge on any atom is -0.462 e. The van der Waals surface area contributed by atoms with Gasteiger partial charge in [0, 0.05) is 19.3 Å². The molecule has 0 aromatic rings. The second-order valence-corrected chi connectivity index (χ2v) is 21.7.